The Morgan fingerprint density at radius 3 is 2.69 bits per heavy atom. The number of hydrogen-bond acceptors (Lipinski definition) is 3. The lowest BCUT2D eigenvalue weighted by Crippen LogP contribution is -2.29. The van der Waals surface area contributed by atoms with Crippen LogP contribution >= 0.6 is 11.6 Å². The van der Waals surface area contributed by atoms with Gasteiger partial charge in [0.2, 0.25) is 10.0 Å². The van der Waals surface area contributed by atoms with Crippen LogP contribution in [0.5, 0.6) is 0 Å². The van der Waals surface area contributed by atoms with Gasteiger partial charge in [-0.05, 0) is 17.7 Å². The van der Waals surface area contributed by atoms with Gasteiger partial charge in [-0.25, -0.2) is 13.1 Å². The average Bonchev–Trinajstić information content (AvgIpc) is 2.13. The Labute approximate surface area is 98.1 Å². The van der Waals surface area contributed by atoms with Gasteiger partial charge in [0.25, 0.3) is 0 Å². The van der Waals surface area contributed by atoms with Crippen molar-refractivity contribution in [3.63, 3.8) is 0 Å². The molecule has 0 aromatic heterocycles. The summed E-state index contributed by atoms with van der Waals surface area (Å²) < 4.78 is 24.5. The van der Waals surface area contributed by atoms with Crippen molar-refractivity contribution in [2.45, 2.75) is 6.54 Å². The molecule has 0 saturated carbocycles. The molecule has 0 saturated heterocycles. The van der Waals surface area contributed by atoms with Crippen LogP contribution in [-0.4, -0.2) is 25.2 Å². The van der Waals surface area contributed by atoms with E-state index in [2.05, 4.69) is 4.72 Å². The Bertz CT molecular complexity index is 486. The summed E-state index contributed by atoms with van der Waals surface area (Å²) in [5, 5.41) is 8.85. The maximum Gasteiger partial charge on any atom is 0.320 e. The van der Waals surface area contributed by atoms with E-state index in [0.29, 0.717) is 10.6 Å². The molecular weight excluding hydrogens is 254 g/mol. The van der Waals surface area contributed by atoms with Crippen molar-refractivity contribution in [1.82, 2.24) is 4.72 Å². The van der Waals surface area contributed by atoms with Gasteiger partial charge in [-0.1, -0.05) is 23.7 Å². The van der Waals surface area contributed by atoms with Gasteiger partial charge in [0.05, 0.1) is 0 Å². The highest BCUT2D eigenvalue weighted by atomic mass is 35.5. The molecule has 1 rings (SSSR count). The highest BCUT2D eigenvalue weighted by Gasteiger charge is 2.14. The van der Waals surface area contributed by atoms with E-state index in [-0.39, 0.29) is 6.54 Å². The summed E-state index contributed by atoms with van der Waals surface area (Å²) in [6.07, 6.45) is 0. The molecule has 0 amide bonds. The van der Waals surface area contributed by atoms with Gasteiger partial charge in [0, 0.05) is 11.6 Å². The zero-order valence-electron chi connectivity index (χ0n) is 8.18. The summed E-state index contributed by atoms with van der Waals surface area (Å²) in [7, 11) is -3.78. The second-order valence-electron chi connectivity index (χ2n) is 3.10. The minimum atomic E-state index is -3.78. The molecule has 5 nitrogen and oxygen atoms in total. The molecule has 7 heteroatoms. The van der Waals surface area contributed by atoms with E-state index >= 15 is 0 Å². The van der Waals surface area contributed by atoms with E-state index < -0.39 is 21.7 Å². The van der Waals surface area contributed by atoms with Gasteiger partial charge in [-0.15, -0.1) is 0 Å². The van der Waals surface area contributed by atoms with Crippen molar-refractivity contribution in [2.24, 2.45) is 0 Å². The highest BCUT2D eigenvalue weighted by molar-refractivity contribution is 7.90. The third kappa shape index (κ3) is 4.61. The molecule has 0 bridgehead atoms. The van der Waals surface area contributed by atoms with Gasteiger partial charge in [-0.2, -0.15) is 0 Å². The number of hydrogen-bond donors (Lipinski definition) is 2. The number of carbonyl (C=O) groups is 1. The molecular formula is C9H10ClNO4S. The van der Waals surface area contributed by atoms with Crippen LogP contribution in [0.2, 0.25) is 5.02 Å². The number of benzene rings is 1. The van der Waals surface area contributed by atoms with E-state index in [1.165, 1.54) is 0 Å². The number of carboxylic acid groups (broad SMARTS) is 1. The minimum Gasteiger partial charge on any atom is -0.480 e. The molecule has 0 atom stereocenters. The molecule has 1 aromatic rings. The summed E-state index contributed by atoms with van der Waals surface area (Å²) in [6.45, 7) is 0.0240. The SMILES string of the molecule is O=C(O)CS(=O)(=O)NCc1cccc(Cl)c1. The minimum absolute atomic E-state index is 0.0240. The van der Waals surface area contributed by atoms with Crippen LogP contribution in [0.4, 0.5) is 0 Å². The molecule has 1 aromatic carbocycles. The lowest BCUT2D eigenvalue weighted by molar-refractivity contribution is -0.134. The molecule has 0 aliphatic heterocycles. The van der Waals surface area contributed by atoms with E-state index in [1.807, 2.05) is 0 Å². The molecule has 0 unspecified atom stereocenters. The fourth-order valence-corrected chi connectivity index (χ4v) is 2.08. The zero-order chi connectivity index (χ0) is 12.2. The molecule has 0 aliphatic carbocycles. The molecule has 0 spiro atoms. The second kappa shape index (κ2) is 5.29. The van der Waals surface area contributed by atoms with Crippen LogP contribution in [0, 0.1) is 0 Å². The number of sulfonamides is 1. The molecule has 0 aliphatic rings. The van der Waals surface area contributed by atoms with Crippen LogP contribution in [0.3, 0.4) is 0 Å². The van der Waals surface area contributed by atoms with Gasteiger partial charge in [-0.3, -0.25) is 4.79 Å². The summed E-state index contributed by atoms with van der Waals surface area (Å²) >= 11 is 5.71. The van der Waals surface area contributed by atoms with Crippen molar-refractivity contribution in [1.29, 1.82) is 0 Å². The number of rotatable bonds is 5. The second-order valence-corrected chi connectivity index (χ2v) is 5.35. The van der Waals surface area contributed by atoms with E-state index in [0.717, 1.165) is 0 Å². The molecule has 2 N–H and O–H groups in total. The first-order valence-corrected chi connectivity index (χ1v) is 6.36. The Morgan fingerprint density at radius 1 is 1.44 bits per heavy atom. The lowest BCUT2D eigenvalue weighted by Gasteiger charge is -2.04. The van der Waals surface area contributed by atoms with Crippen LogP contribution in [0.25, 0.3) is 0 Å². The van der Waals surface area contributed by atoms with E-state index in [4.69, 9.17) is 16.7 Å². The van der Waals surface area contributed by atoms with Gasteiger partial charge in [0.15, 0.2) is 5.75 Å². The third-order valence-corrected chi connectivity index (χ3v) is 3.14. The van der Waals surface area contributed by atoms with Crippen LogP contribution < -0.4 is 4.72 Å². The van der Waals surface area contributed by atoms with Crippen molar-refractivity contribution in [3.05, 3.63) is 34.9 Å². The standard InChI is InChI=1S/C9H10ClNO4S/c10-8-3-1-2-7(4-8)5-11-16(14,15)6-9(12)13/h1-4,11H,5-6H2,(H,12,13). The normalized spacial score (nSPS) is 11.3. The van der Waals surface area contributed by atoms with Crippen molar-refractivity contribution in [2.75, 3.05) is 5.75 Å². The predicted octanol–water partition coefficient (Wildman–Crippen LogP) is 0.844. The maximum absolute atomic E-state index is 11.2. The number of carboxylic acids is 1. The molecule has 0 fully saturated rings. The van der Waals surface area contributed by atoms with E-state index in [9.17, 15) is 13.2 Å². The first-order chi connectivity index (χ1) is 7.39. The first-order valence-electron chi connectivity index (χ1n) is 4.32. The molecule has 88 valence electrons. The van der Waals surface area contributed by atoms with Gasteiger partial charge in [0.1, 0.15) is 0 Å². The first kappa shape index (κ1) is 13.0. The van der Waals surface area contributed by atoms with Crippen molar-refractivity contribution in [3.8, 4) is 0 Å². The Balaban J connectivity index is 2.61. The summed E-state index contributed by atoms with van der Waals surface area (Å²) in [5.74, 6) is -2.33. The average molecular weight is 264 g/mol. The smallest absolute Gasteiger partial charge is 0.320 e. The topological polar surface area (TPSA) is 83.5 Å². The predicted molar refractivity (Wildman–Crippen MR) is 59.7 cm³/mol. The quantitative estimate of drug-likeness (QED) is 0.825. The van der Waals surface area contributed by atoms with Crippen LogP contribution in [-0.2, 0) is 21.4 Å². The third-order valence-electron chi connectivity index (χ3n) is 1.70. The molecule has 16 heavy (non-hydrogen) atoms. The Hall–Kier alpha value is -1.11. The van der Waals surface area contributed by atoms with Gasteiger partial charge >= 0.3 is 5.97 Å². The van der Waals surface area contributed by atoms with Crippen molar-refractivity contribution < 1.29 is 18.3 Å². The van der Waals surface area contributed by atoms with E-state index in [1.54, 1.807) is 24.3 Å². The van der Waals surface area contributed by atoms with Crippen molar-refractivity contribution >= 4 is 27.6 Å². The van der Waals surface area contributed by atoms with Crippen LogP contribution in [0.1, 0.15) is 5.56 Å². The highest BCUT2D eigenvalue weighted by Crippen LogP contribution is 2.10. The summed E-state index contributed by atoms with van der Waals surface area (Å²) in [5.41, 5.74) is 0.668. The number of aliphatic carboxylic acids is 1. The molecule has 0 radical (unpaired) electrons. The summed E-state index contributed by atoms with van der Waals surface area (Å²) in [6, 6.07) is 6.64. The summed E-state index contributed by atoms with van der Waals surface area (Å²) in [4.78, 5) is 10.2. The molecule has 0 heterocycles. The Morgan fingerprint density at radius 2 is 2.12 bits per heavy atom. The fourth-order valence-electron chi connectivity index (χ4n) is 1.05. The number of nitrogens with one attached hydrogen (secondary N) is 1. The number of halogens is 1. The fraction of sp³-hybridized carbons (Fsp3) is 0.222. The van der Waals surface area contributed by atoms with Gasteiger partial charge < -0.3 is 5.11 Å². The Kier molecular flexibility index (Phi) is 4.28. The largest absolute Gasteiger partial charge is 0.480 e. The zero-order valence-corrected chi connectivity index (χ0v) is 9.75. The maximum atomic E-state index is 11.2. The lowest BCUT2D eigenvalue weighted by atomic mass is 10.2. The van der Waals surface area contributed by atoms with Crippen LogP contribution in [0.15, 0.2) is 24.3 Å². The monoisotopic (exact) mass is 263 g/mol.